The molecule has 2 unspecified atom stereocenters. The van der Waals surface area contributed by atoms with Gasteiger partial charge in [-0.25, -0.2) is 0 Å². The largest absolute Gasteiger partial charge is 0.396 e. The summed E-state index contributed by atoms with van der Waals surface area (Å²) in [4.78, 5) is 0. The van der Waals surface area contributed by atoms with Gasteiger partial charge >= 0.3 is 8.56 Å². The van der Waals surface area contributed by atoms with Gasteiger partial charge in [0.25, 0.3) is 0 Å². The van der Waals surface area contributed by atoms with E-state index in [1.54, 1.807) is 7.11 Å². The average molecular weight is 226 g/mol. The SMILES string of the molecule is CCO[Si](C)(OC)C(O)c1ccccc1. The highest BCUT2D eigenvalue weighted by Crippen LogP contribution is 2.25. The standard InChI is InChI=1S/C11H18O3Si/c1-4-14-15(3,13-2)11(12)10-8-6-5-7-9-10/h5-9,11-12H,4H2,1-3H3. The van der Waals surface area contributed by atoms with Crippen LogP contribution in [0.4, 0.5) is 0 Å². The van der Waals surface area contributed by atoms with Gasteiger partial charge in [0.15, 0.2) is 0 Å². The van der Waals surface area contributed by atoms with E-state index in [0.29, 0.717) is 6.61 Å². The Morgan fingerprint density at radius 3 is 2.40 bits per heavy atom. The van der Waals surface area contributed by atoms with Gasteiger partial charge < -0.3 is 14.0 Å². The normalized spacial score (nSPS) is 17.1. The van der Waals surface area contributed by atoms with Crippen molar-refractivity contribution in [1.29, 1.82) is 0 Å². The van der Waals surface area contributed by atoms with Crippen LogP contribution in [-0.2, 0) is 8.85 Å². The van der Waals surface area contributed by atoms with Gasteiger partial charge in [0, 0.05) is 13.7 Å². The van der Waals surface area contributed by atoms with Crippen molar-refractivity contribution >= 4 is 8.56 Å². The van der Waals surface area contributed by atoms with Crippen molar-refractivity contribution in [3.8, 4) is 0 Å². The van der Waals surface area contributed by atoms with Gasteiger partial charge in [-0.1, -0.05) is 30.3 Å². The van der Waals surface area contributed by atoms with Crippen molar-refractivity contribution in [3.63, 3.8) is 0 Å². The number of rotatable bonds is 5. The van der Waals surface area contributed by atoms with Crippen molar-refractivity contribution in [1.82, 2.24) is 0 Å². The molecule has 0 spiro atoms. The van der Waals surface area contributed by atoms with Crippen LogP contribution in [0.15, 0.2) is 30.3 Å². The molecule has 0 aliphatic carbocycles. The minimum atomic E-state index is -2.51. The smallest absolute Gasteiger partial charge is 0.369 e. The molecule has 84 valence electrons. The summed E-state index contributed by atoms with van der Waals surface area (Å²) in [5.74, 6) is 0. The molecule has 0 fully saturated rings. The minimum Gasteiger partial charge on any atom is -0.396 e. The van der Waals surface area contributed by atoms with Crippen molar-refractivity contribution in [2.45, 2.75) is 19.2 Å². The summed E-state index contributed by atoms with van der Waals surface area (Å²) in [7, 11) is -0.921. The van der Waals surface area contributed by atoms with Crippen LogP contribution in [0.5, 0.6) is 0 Å². The number of aliphatic hydroxyl groups excluding tert-OH is 1. The maximum absolute atomic E-state index is 10.2. The maximum atomic E-state index is 10.2. The summed E-state index contributed by atoms with van der Waals surface area (Å²) in [6, 6.07) is 9.48. The zero-order valence-corrected chi connectivity index (χ0v) is 10.4. The zero-order valence-electron chi connectivity index (χ0n) is 9.43. The third kappa shape index (κ3) is 2.88. The van der Waals surface area contributed by atoms with E-state index in [9.17, 15) is 5.11 Å². The average Bonchev–Trinajstić information content (AvgIpc) is 2.29. The molecule has 0 aliphatic heterocycles. The lowest BCUT2D eigenvalue weighted by molar-refractivity contribution is 0.131. The lowest BCUT2D eigenvalue weighted by Crippen LogP contribution is -2.44. The van der Waals surface area contributed by atoms with Crippen LogP contribution in [0.25, 0.3) is 0 Å². The van der Waals surface area contributed by atoms with Gasteiger partial charge in [-0.2, -0.15) is 0 Å². The molecule has 1 N–H and O–H groups in total. The van der Waals surface area contributed by atoms with E-state index in [4.69, 9.17) is 8.85 Å². The fraction of sp³-hybridized carbons (Fsp3) is 0.455. The molecule has 1 rings (SSSR count). The Morgan fingerprint density at radius 1 is 1.33 bits per heavy atom. The van der Waals surface area contributed by atoms with Crippen molar-refractivity contribution in [2.24, 2.45) is 0 Å². The Bertz CT molecular complexity index is 291. The van der Waals surface area contributed by atoms with E-state index in [2.05, 4.69) is 0 Å². The highest BCUT2D eigenvalue weighted by molar-refractivity contribution is 6.67. The lowest BCUT2D eigenvalue weighted by atomic mass is 10.2. The van der Waals surface area contributed by atoms with Gasteiger partial charge in [0.05, 0.1) is 0 Å². The van der Waals surface area contributed by atoms with Crippen LogP contribution in [-0.4, -0.2) is 27.4 Å². The second-order valence-electron chi connectivity index (χ2n) is 3.47. The Labute approximate surface area is 91.9 Å². The molecule has 3 nitrogen and oxygen atoms in total. The Balaban J connectivity index is 2.86. The number of hydrogen-bond acceptors (Lipinski definition) is 3. The van der Waals surface area contributed by atoms with Gasteiger partial charge in [-0.05, 0) is 19.0 Å². The Morgan fingerprint density at radius 2 is 1.93 bits per heavy atom. The lowest BCUT2D eigenvalue weighted by Gasteiger charge is -2.29. The van der Waals surface area contributed by atoms with Crippen LogP contribution in [0.2, 0.25) is 6.55 Å². The molecule has 0 aliphatic rings. The molecule has 0 heterocycles. The van der Waals surface area contributed by atoms with E-state index in [1.807, 2.05) is 43.8 Å². The van der Waals surface area contributed by atoms with Crippen LogP contribution < -0.4 is 0 Å². The molecule has 15 heavy (non-hydrogen) atoms. The second-order valence-corrected chi connectivity index (χ2v) is 6.74. The summed E-state index contributed by atoms with van der Waals surface area (Å²) in [6.45, 7) is 4.33. The Kier molecular flexibility index (Phi) is 4.47. The number of hydrogen-bond donors (Lipinski definition) is 1. The molecule has 1 aromatic rings. The van der Waals surface area contributed by atoms with Crippen LogP contribution in [0, 0.1) is 0 Å². The summed E-state index contributed by atoms with van der Waals surface area (Å²) < 4.78 is 10.9. The predicted octanol–water partition coefficient (Wildman–Crippen LogP) is 2.01. The van der Waals surface area contributed by atoms with Crippen LogP contribution >= 0.6 is 0 Å². The number of aliphatic hydroxyl groups is 1. The summed E-state index contributed by atoms with van der Waals surface area (Å²) in [6.07, 6.45) is 0. The molecular formula is C11H18O3Si. The quantitative estimate of drug-likeness (QED) is 0.781. The molecule has 0 saturated carbocycles. The predicted molar refractivity (Wildman–Crippen MR) is 61.7 cm³/mol. The first kappa shape index (κ1) is 12.4. The van der Waals surface area contributed by atoms with Crippen molar-refractivity contribution < 1.29 is 14.0 Å². The van der Waals surface area contributed by atoms with Crippen molar-refractivity contribution in [3.05, 3.63) is 35.9 Å². The van der Waals surface area contributed by atoms with Gasteiger partial charge in [0.2, 0.25) is 0 Å². The monoisotopic (exact) mass is 226 g/mol. The number of benzene rings is 1. The van der Waals surface area contributed by atoms with E-state index in [-0.39, 0.29) is 0 Å². The topological polar surface area (TPSA) is 38.7 Å². The molecular weight excluding hydrogens is 208 g/mol. The summed E-state index contributed by atoms with van der Waals surface area (Å²) >= 11 is 0. The first-order valence-electron chi connectivity index (χ1n) is 5.06. The van der Waals surface area contributed by atoms with E-state index in [0.717, 1.165) is 5.56 Å². The van der Waals surface area contributed by atoms with Crippen molar-refractivity contribution in [2.75, 3.05) is 13.7 Å². The first-order chi connectivity index (χ1) is 7.14. The molecule has 4 heteroatoms. The molecule has 0 radical (unpaired) electrons. The molecule has 0 amide bonds. The molecule has 0 aromatic heterocycles. The maximum Gasteiger partial charge on any atom is 0.369 e. The first-order valence-corrected chi connectivity index (χ1v) is 7.45. The Hall–Kier alpha value is -0.683. The highest BCUT2D eigenvalue weighted by Gasteiger charge is 2.40. The molecule has 1 aromatic carbocycles. The van der Waals surface area contributed by atoms with E-state index >= 15 is 0 Å². The van der Waals surface area contributed by atoms with Crippen LogP contribution in [0.1, 0.15) is 18.2 Å². The second kappa shape index (κ2) is 5.41. The van der Waals surface area contributed by atoms with Gasteiger partial charge in [0.1, 0.15) is 5.73 Å². The summed E-state index contributed by atoms with van der Waals surface area (Å²) in [5.41, 5.74) is 0.200. The summed E-state index contributed by atoms with van der Waals surface area (Å²) in [5, 5.41) is 10.2. The fourth-order valence-corrected chi connectivity index (χ4v) is 3.34. The zero-order chi connectivity index (χ0) is 11.3. The van der Waals surface area contributed by atoms with Gasteiger partial charge in [-0.15, -0.1) is 0 Å². The van der Waals surface area contributed by atoms with Crippen LogP contribution in [0.3, 0.4) is 0 Å². The third-order valence-corrected chi connectivity index (χ3v) is 5.45. The highest BCUT2D eigenvalue weighted by atomic mass is 28.4. The fourth-order valence-electron chi connectivity index (χ4n) is 1.47. The van der Waals surface area contributed by atoms with E-state index in [1.165, 1.54) is 0 Å². The molecule has 2 atom stereocenters. The third-order valence-electron chi connectivity index (χ3n) is 2.45. The van der Waals surface area contributed by atoms with Gasteiger partial charge in [-0.3, -0.25) is 0 Å². The molecule has 0 bridgehead atoms. The van der Waals surface area contributed by atoms with E-state index < -0.39 is 14.3 Å². The minimum absolute atomic E-state index is 0.556. The molecule has 0 saturated heterocycles.